The number of benzene rings is 1. The van der Waals surface area contributed by atoms with E-state index < -0.39 is 17.4 Å². The predicted molar refractivity (Wildman–Crippen MR) is 70.9 cm³/mol. The second kappa shape index (κ2) is 6.03. The zero-order valence-corrected chi connectivity index (χ0v) is 12.3. The van der Waals surface area contributed by atoms with Crippen LogP contribution < -0.4 is 5.48 Å². The summed E-state index contributed by atoms with van der Waals surface area (Å²) in [5, 5.41) is 9.14. The maximum absolute atomic E-state index is 11.9. The zero-order valence-electron chi connectivity index (χ0n) is 10.7. The van der Waals surface area contributed by atoms with Gasteiger partial charge in [-0.1, -0.05) is 22.0 Å². The quantitative estimate of drug-likeness (QED) is 0.497. The highest BCUT2D eigenvalue weighted by atomic mass is 79.9. The molecule has 19 heavy (non-hydrogen) atoms. The highest BCUT2D eigenvalue weighted by molar-refractivity contribution is 9.10. The van der Waals surface area contributed by atoms with Crippen molar-refractivity contribution in [2.75, 3.05) is 19.7 Å². The number of esters is 2. The van der Waals surface area contributed by atoms with E-state index in [1.165, 1.54) is 33.3 Å². The summed E-state index contributed by atoms with van der Waals surface area (Å²) >= 11 is 3.23. The third-order valence-electron chi connectivity index (χ3n) is 2.83. The number of hydrogen-bond donors (Lipinski definition) is 2. The van der Waals surface area contributed by atoms with Crippen molar-refractivity contribution in [2.45, 2.75) is 12.3 Å². The van der Waals surface area contributed by atoms with Crippen molar-refractivity contribution < 1.29 is 24.3 Å². The first-order chi connectivity index (χ1) is 8.91. The molecular weight excluding hydrogens is 318 g/mol. The first kappa shape index (κ1) is 15.5. The van der Waals surface area contributed by atoms with Crippen molar-refractivity contribution in [3.63, 3.8) is 0 Å². The van der Waals surface area contributed by atoms with Gasteiger partial charge in [-0.05, 0) is 19.1 Å². The summed E-state index contributed by atoms with van der Waals surface area (Å²) in [7, 11) is 2.35. The third-order valence-corrected chi connectivity index (χ3v) is 3.32. The Morgan fingerprint density at radius 1 is 1.26 bits per heavy atom. The van der Waals surface area contributed by atoms with Crippen LogP contribution in [0.1, 0.15) is 12.5 Å². The molecule has 0 saturated heterocycles. The normalized spacial score (nSPS) is 10.8. The van der Waals surface area contributed by atoms with Gasteiger partial charge in [0.25, 0.3) is 0 Å². The summed E-state index contributed by atoms with van der Waals surface area (Å²) in [6.45, 7) is 1.37. The highest BCUT2D eigenvalue weighted by Crippen LogP contribution is 2.34. The van der Waals surface area contributed by atoms with Gasteiger partial charge in [-0.3, -0.25) is 20.3 Å². The number of nitrogens with one attached hydrogen (secondary N) is 1. The minimum Gasteiger partial charge on any atom is -0.468 e. The molecule has 104 valence electrons. The van der Waals surface area contributed by atoms with Gasteiger partial charge in [0.15, 0.2) is 5.41 Å². The SMILES string of the molecule is COC(=O)C(C)(C(=O)OC)c1ccc(Br)cc1NO. The summed E-state index contributed by atoms with van der Waals surface area (Å²) in [6, 6.07) is 4.69. The fourth-order valence-electron chi connectivity index (χ4n) is 1.76. The molecule has 0 amide bonds. The Morgan fingerprint density at radius 3 is 2.21 bits per heavy atom. The van der Waals surface area contributed by atoms with Crippen LogP contribution in [0.4, 0.5) is 5.69 Å². The molecule has 6 nitrogen and oxygen atoms in total. The highest BCUT2D eigenvalue weighted by Gasteiger charge is 2.47. The van der Waals surface area contributed by atoms with Crippen LogP contribution in [-0.4, -0.2) is 31.4 Å². The van der Waals surface area contributed by atoms with Crippen LogP contribution in [0, 0.1) is 0 Å². The molecule has 0 heterocycles. The number of rotatable bonds is 4. The fraction of sp³-hybridized carbons (Fsp3) is 0.333. The van der Waals surface area contributed by atoms with Gasteiger partial charge in [0.1, 0.15) is 0 Å². The van der Waals surface area contributed by atoms with Crippen molar-refractivity contribution >= 4 is 33.6 Å². The molecule has 7 heteroatoms. The molecule has 0 saturated carbocycles. The smallest absolute Gasteiger partial charge is 0.327 e. The van der Waals surface area contributed by atoms with Gasteiger partial charge in [-0.2, -0.15) is 0 Å². The molecule has 0 fully saturated rings. The molecule has 0 aliphatic rings. The number of hydrogen-bond acceptors (Lipinski definition) is 6. The van der Waals surface area contributed by atoms with E-state index in [9.17, 15) is 9.59 Å². The Balaban J connectivity index is 3.50. The molecule has 1 aromatic carbocycles. The number of methoxy groups -OCH3 is 2. The maximum Gasteiger partial charge on any atom is 0.327 e. The average molecular weight is 332 g/mol. The van der Waals surface area contributed by atoms with Crippen LogP contribution >= 0.6 is 15.9 Å². The predicted octanol–water partition coefficient (Wildman–Crippen LogP) is 1.85. The summed E-state index contributed by atoms with van der Waals surface area (Å²) in [4.78, 5) is 23.9. The van der Waals surface area contributed by atoms with Crippen LogP contribution in [0.15, 0.2) is 22.7 Å². The lowest BCUT2D eigenvalue weighted by Gasteiger charge is -2.26. The Labute approximate surface area is 118 Å². The molecule has 0 unspecified atom stereocenters. The topological polar surface area (TPSA) is 84.9 Å². The Morgan fingerprint density at radius 2 is 1.79 bits per heavy atom. The van der Waals surface area contributed by atoms with E-state index in [0.29, 0.717) is 4.47 Å². The van der Waals surface area contributed by atoms with Crippen LogP contribution in [0.5, 0.6) is 0 Å². The third kappa shape index (κ3) is 2.71. The van der Waals surface area contributed by atoms with Crippen molar-refractivity contribution in [3.05, 3.63) is 28.2 Å². The lowest BCUT2D eigenvalue weighted by Crippen LogP contribution is -2.43. The molecule has 0 spiro atoms. The van der Waals surface area contributed by atoms with Gasteiger partial charge in [-0.15, -0.1) is 0 Å². The number of anilines is 1. The molecule has 2 N–H and O–H groups in total. The Bertz CT molecular complexity index is 487. The molecule has 1 aromatic rings. The van der Waals surface area contributed by atoms with Crippen molar-refractivity contribution in [3.8, 4) is 0 Å². The molecule has 0 aromatic heterocycles. The lowest BCUT2D eigenvalue weighted by atomic mass is 9.81. The van der Waals surface area contributed by atoms with E-state index in [1.807, 2.05) is 5.48 Å². The van der Waals surface area contributed by atoms with Crippen molar-refractivity contribution in [2.24, 2.45) is 0 Å². The standard InChI is InChI=1S/C12H14BrNO5/c1-12(10(15)18-2,11(16)19-3)8-5-4-7(13)6-9(8)14-17/h4-6,14,17H,1-3H3. The second-order valence-corrected chi connectivity index (χ2v) is 4.83. The minimum atomic E-state index is -1.67. The van der Waals surface area contributed by atoms with Gasteiger partial charge < -0.3 is 9.47 Å². The number of carbonyl (C=O) groups excluding carboxylic acids is 2. The minimum absolute atomic E-state index is 0.202. The summed E-state index contributed by atoms with van der Waals surface area (Å²) < 4.78 is 9.99. The van der Waals surface area contributed by atoms with E-state index in [1.54, 1.807) is 6.07 Å². The number of ether oxygens (including phenoxy) is 2. The van der Waals surface area contributed by atoms with Gasteiger partial charge in [0, 0.05) is 10.0 Å². The van der Waals surface area contributed by atoms with E-state index in [-0.39, 0.29) is 11.3 Å². The maximum atomic E-state index is 11.9. The number of halogens is 1. The van der Waals surface area contributed by atoms with Crippen molar-refractivity contribution in [1.82, 2.24) is 0 Å². The summed E-state index contributed by atoms with van der Waals surface area (Å²) in [5.41, 5.74) is 0.732. The molecule has 0 aliphatic carbocycles. The number of carbonyl (C=O) groups is 2. The molecule has 1 rings (SSSR count). The van der Waals surface area contributed by atoms with E-state index in [0.717, 1.165) is 0 Å². The van der Waals surface area contributed by atoms with Gasteiger partial charge in [-0.25, -0.2) is 0 Å². The Hall–Kier alpha value is -1.60. The summed E-state index contributed by atoms with van der Waals surface area (Å²) in [5.74, 6) is -1.56. The first-order valence-corrected chi connectivity index (χ1v) is 6.08. The average Bonchev–Trinajstić information content (AvgIpc) is 2.44. The monoisotopic (exact) mass is 331 g/mol. The first-order valence-electron chi connectivity index (χ1n) is 5.28. The lowest BCUT2D eigenvalue weighted by molar-refractivity contribution is -0.160. The van der Waals surface area contributed by atoms with Crippen LogP contribution in [0.25, 0.3) is 0 Å². The van der Waals surface area contributed by atoms with Crippen LogP contribution in [0.3, 0.4) is 0 Å². The molecule has 0 atom stereocenters. The van der Waals surface area contributed by atoms with Gasteiger partial charge in [0.2, 0.25) is 0 Å². The van der Waals surface area contributed by atoms with Crippen LogP contribution in [-0.2, 0) is 24.5 Å². The molecule has 0 radical (unpaired) electrons. The zero-order chi connectivity index (χ0) is 14.6. The molecule has 0 bridgehead atoms. The largest absolute Gasteiger partial charge is 0.468 e. The fourth-order valence-corrected chi connectivity index (χ4v) is 2.12. The van der Waals surface area contributed by atoms with Gasteiger partial charge in [0.05, 0.1) is 19.9 Å². The Kier molecular flexibility index (Phi) is 4.90. The second-order valence-electron chi connectivity index (χ2n) is 3.91. The van der Waals surface area contributed by atoms with Crippen molar-refractivity contribution in [1.29, 1.82) is 0 Å². The van der Waals surface area contributed by atoms with E-state index in [4.69, 9.17) is 5.21 Å². The van der Waals surface area contributed by atoms with E-state index >= 15 is 0 Å². The molecule has 0 aliphatic heterocycles. The van der Waals surface area contributed by atoms with Gasteiger partial charge >= 0.3 is 11.9 Å². The van der Waals surface area contributed by atoms with E-state index in [2.05, 4.69) is 25.4 Å². The summed E-state index contributed by atoms with van der Waals surface area (Å²) in [6.07, 6.45) is 0. The van der Waals surface area contributed by atoms with Crippen LogP contribution in [0.2, 0.25) is 0 Å². The molecular formula is C12H14BrNO5.